The predicted octanol–water partition coefficient (Wildman–Crippen LogP) is 2.38. The number of piperidine rings is 1. The van der Waals surface area contributed by atoms with Crippen LogP contribution < -0.4 is 5.32 Å². The summed E-state index contributed by atoms with van der Waals surface area (Å²) in [6.45, 7) is 5.69. The summed E-state index contributed by atoms with van der Waals surface area (Å²) in [7, 11) is 0. The molecular formula is C21H26N3O5Y-. The van der Waals surface area contributed by atoms with E-state index < -0.39 is 11.7 Å². The van der Waals surface area contributed by atoms with Crippen LogP contribution >= 0.6 is 0 Å². The number of rotatable bonds is 3. The van der Waals surface area contributed by atoms with Crippen LogP contribution in [0.3, 0.4) is 0 Å². The van der Waals surface area contributed by atoms with Crippen LogP contribution in [0.2, 0.25) is 0 Å². The number of nitrogens with zero attached hydrogens (tertiary/aromatic N) is 1. The maximum Gasteiger partial charge on any atom is 0.240 e. The second-order valence-corrected chi connectivity index (χ2v) is 8.40. The zero-order chi connectivity index (χ0) is 21.4. The Labute approximate surface area is 201 Å². The van der Waals surface area contributed by atoms with Crippen LogP contribution in [0.25, 0.3) is 5.73 Å². The van der Waals surface area contributed by atoms with E-state index in [4.69, 9.17) is 10.8 Å². The predicted molar refractivity (Wildman–Crippen MR) is 106 cm³/mol. The van der Waals surface area contributed by atoms with Gasteiger partial charge in [0.2, 0.25) is 12.0 Å². The Morgan fingerprint density at radius 2 is 2.00 bits per heavy atom. The molecule has 2 amide bonds. The van der Waals surface area contributed by atoms with Gasteiger partial charge in [0.25, 0.3) is 0 Å². The fraction of sp³-hybridized carbons (Fsp3) is 0.476. The van der Waals surface area contributed by atoms with E-state index in [-0.39, 0.29) is 63.1 Å². The van der Waals surface area contributed by atoms with Crippen molar-refractivity contribution in [1.29, 1.82) is 0 Å². The molecule has 9 heteroatoms. The van der Waals surface area contributed by atoms with Gasteiger partial charge in [-0.25, -0.2) is 0 Å². The Morgan fingerprint density at radius 1 is 1.33 bits per heavy atom. The minimum absolute atomic E-state index is 0. The Balaban J connectivity index is 0.000000308. The summed E-state index contributed by atoms with van der Waals surface area (Å²) in [6, 6.07) is 7.72. The first-order valence-corrected chi connectivity index (χ1v) is 9.52. The minimum atomic E-state index is -0.975. The van der Waals surface area contributed by atoms with Crippen LogP contribution in [0.4, 0.5) is 4.79 Å². The molecule has 1 spiro atoms. The molecule has 1 radical (unpaired) electrons. The van der Waals surface area contributed by atoms with Gasteiger partial charge in [0.15, 0.2) is 5.78 Å². The fourth-order valence-electron chi connectivity index (χ4n) is 4.16. The third-order valence-corrected chi connectivity index (χ3v) is 5.28. The molecule has 1 saturated heterocycles. The fourth-order valence-corrected chi connectivity index (χ4v) is 4.16. The number of ketones is 1. The van der Waals surface area contributed by atoms with E-state index in [2.05, 4.69) is 10.1 Å². The zero-order valence-corrected chi connectivity index (χ0v) is 20.2. The van der Waals surface area contributed by atoms with Gasteiger partial charge in [-0.1, -0.05) is 24.3 Å². The molecule has 4 rings (SSSR count). The van der Waals surface area contributed by atoms with Crippen LogP contribution in [-0.2, 0) is 47.7 Å². The van der Waals surface area contributed by atoms with Crippen molar-refractivity contribution in [1.82, 2.24) is 10.2 Å². The Kier molecular flexibility index (Phi) is 7.61. The first-order valence-electron chi connectivity index (χ1n) is 9.52. The van der Waals surface area contributed by atoms with Crippen molar-refractivity contribution in [3.05, 3.63) is 52.9 Å². The first kappa shape index (κ1) is 24.7. The Bertz CT molecular complexity index is 880. The number of hydrogen-bond donors (Lipinski definition) is 2. The maximum absolute atomic E-state index is 12.3. The molecule has 30 heavy (non-hydrogen) atoms. The van der Waals surface area contributed by atoms with Gasteiger partial charge in [0.05, 0.1) is 13.3 Å². The number of fused-ring (bicyclic) bond motifs is 1. The van der Waals surface area contributed by atoms with Crippen molar-refractivity contribution in [2.45, 2.75) is 38.2 Å². The second kappa shape index (κ2) is 9.26. The van der Waals surface area contributed by atoms with Crippen LogP contribution in [-0.4, -0.2) is 53.2 Å². The van der Waals surface area contributed by atoms with Crippen LogP contribution in [0.1, 0.15) is 43.1 Å². The number of ether oxygens (including phenoxy) is 1. The topological polar surface area (TPSA) is 120 Å². The van der Waals surface area contributed by atoms with E-state index in [1.165, 1.54) is 0 Å². The molecule has 2 aliphatic carbocycles. The molecular weight excluding hydrogens is 463 g/mol. The average molecular weight is 489 g/mol. The number of carbonyl (C=O) groups is 3. The summed E-state index contributed by atoms with van der Waals surface area (Å²) in [5.74, 6) is 0.303. The number of aliphatic hydroxyl groups is 1. The van der Waals surface area contributed by atoms with E-state index >= 15 is 0 Å². The minimum Gasteiger partial charge on any atom is -0.632 e. The third kappa shape index (κ3) is 4.82. The summed E-state index contributed by atoms with van der Waals surface area (Å²) in [6.07, 6.45) is 1.67. The number of aliphatic hydroxyl groups excluding tert-OH is 1. The molecule has 1 aromatic carbocycles. The van der Waals surface area contributed by atoms with E-state index in [9.17, 15) is 14.4 Å². The van der Waals surface area contributed by atoms with Gasteiger partial charge >= 0.3 is 0 Å². The molecule has 8 nitrogen and oxygen atoms in total. The van der Waals surface area contributed by atoms with Crippen LogP contribution in [0.15, 0.2) is 36.0 Å². The van der Waals surface area contributed by atoms with E-state index in [1.807, 2.05) is 24.3 Å². The van der Waals surface area contributed by atoms with Gasteiger partial charge in [-0.2, -0.15) is 0 Å². The number of likely N-dealkylation sites (tertiary alicyclic amines) is 1. The van der Waals surface area contributed by atoms with Gasteiger partial charge in [0.1, 0.15) is 5.60 Å². The monoisotopic (exact) mass is 489 g/mol. The second-order valence-electron chi connectivity index (χ2n) is 8.40. The van der Waals surface area contributed by atoms with Crippen molar-refractivity contribution in [3.63, 3.8) is 0 Å². The quantitative estimate of drug-likeness (QED) is 0.630. The smallest absolute Gasteiger partial charge is 0.240 e. The van der Waals surface area contributed by atoms with Gasteiger partial charge in [-0.3, -0.25) is 19.7 Å². The molecule has 2 fully saturated rings. The summed E-state index contributed by atoms with van der Waals surface area (Å²) in [4.78, 5) is 36.2. The number of allylic oxidation sites excluding steroid dienone is 2. The van der Waals surface area contributed by atoms with Gasteiger partial charge < -0.3 is 20.5 Å². The molecule has 3 N–H and O–H groups in total. The largest absolute Gasteiger partial charge is 0.632 e. The van der Waals surface area contributed by atoms with Crippen molar-refractivity contribution in [3.8, 4) is 0 Å². The SMILES string of the molecule is CC(C)(C)OC([NH-])=O.O=C1C=C2N(C(=O)CNCO)C[C@H]3CC23c2ccccc21.[Y]. The van der Waals surface area contributed by atoms with Gasteiger partial charge in [0, 0.05) is 62.0 Å². The van der Waals surface area contributed by atoms with E-state index in [0.29, 0.717) is 12.5 Å². The standard InChI is InChI=1S/C16H16N2O3.C5H11NO2.Y/c19-9-17-7-15(21)18-8-10-6-16(10)12-4-2-1-3-11(12)13(20)5-14(16)18;1-5(2,3)8-4(6)7;/h1-5,10,17,19H,6-9H2;1-3H3,(H2,6,7);/p-1/t10-,16?;;/m1../s1. The van der Waals surface area contributed by atoms with Gasteiger partial charge in [-0.05, 0) is 38.7 Å². The number of carbonyl (C=O) groups excluding carboxylic acids is 3. The number of amides is 2. The molecule has 1 heterocycles. The van der Waals surface area contributed by atoms with E-state index in [1.54, 1.807) is 31.7 Å². The van der Waals surface area contributed by atoms with E-state index in [0.717, 1.165) is 23.2 Å². The summed E-state index contributed by atoms with van der Waals surface area (Å²) < 4.78 is 4.47. The van der Waals surface area contributed by atoms with Crippen LogP contribution in [0.5, 0.6) is 0 Å². The zero-order valence-electron chi connectivity index (χ0n) is 17.4. The van der Waals surface area contributed by atoms with Crippen LogP contribution in [0, 0.1) is 5.92 Å². The van der Waals surface area contributed by atoms with Crippen molar-refractivity contribution in [2.75, 3.05) is 19.8 Å². The maximum atomic E-state index is 12.3. The Morgan fingerprint density at radius 3 is 2.57 bits per heavy atom. The molecule has 0 bridgehead atoms. The van der Waals surface area contributed by atoms with Crippen molar-refractivity contribution < 1.29 is 56.9 Å². The molecule has 2 atom stereocenters. The molecule has 3 aliphatic rings. The molecule has 0 aromatic heterocycles. The normalized spacial score (nSPS) is 22.9. The Hall–Kier alpha value is -1.61. The summed E-state index contributed by atoms with van der Waals surface area (Å²) >= 11 is 0. The van der Waals surface area contributed by atoms with Crippen molar-refractivity contribution >= 4 is 17.8 Å². The summed E-state index contributed by atoms with van der Waals surface area (Å²) in [5.41, 5.74) is 8.42. The number of nitrogens with one attached hydrogen (secondary N) is 2. The number of hydrogen-bond acceptors (Lipinski definition) is 6. The first-order chi connectivity index (χ1) is 13.6. The molecule has 1 saturated carbocycles. The average Bonchev–Trinajstić information content (AvgIpc) is 3.26. The van der Waals surface area contributed by atoms with Crippen molar-refractivity contribution in [2.24, 2.45) is 5.92 Å². The molecule has 1 aromatic rings. The van der Waals surface area contributed by atoms with Gasteiger partial charge in [-0.15, -0.1) is 0 Å². The third-order valence-electron chi connectivity index (χ3n) is 5.28. The molecule has 1 aliphatic heterocycles. The number of benzene rings is 1. The molecule has 1 unspecified atom stereocenters. The molecule has 159 valence electrons. The summed E-state index contributed by atoms with van der Waals surface area (Å²) in [5, 5.41) is 11.4.